The lowest BCUT2D eigenvalue weighted by Crippen LogP contribution is -2.38. The van der Waals surface area contributed by atoms with Crippen LogP contribution < -0.4 is 4.90 Å². The molecule has 0 N–H and O–H groups in total. The van der Waals surface area contributed by atoms with E-state index in [0.29, 0.717) is 6.54 Å². The second-order valence-corrected chi connectivity index (χ2v) is 5.93. The highest BCUT2D eigenvalue weighted by Crippen LogP contribution is 2.22. The maximum absolute atomic E-state index is 12.4. The lowest BCUT2D eigenvalue weighted by molar-refractivity contribution is -0.132. The molecule has 2 heterocycles. The van der Waals surface area contributed by atoms with Gasteiger partial charge in [0.1, 0.15) is 5.82 Å². The van der Waals surface area contributed by atoms with Crippen molar-refractivity contribution in [2.45, 2.75) is 52.5 Å². The average molecular weight is 306 g/mol. The first-order valence-electron chi connectivity index (χ1n) is 8.11. The number of fused-ring (bicyclic) bond motifs is 1. The molecule has 2 amide bonds. The average Bonchev–Trinajstić information content (AvgIpc) is 2.89. The van der Waals surface area contributed by atoms with Gasteiger partial charge in [-0.3, -0.25) is 14.5 Å². The molecular formula is C16H26N4O2. The number of hydrogen-bond donors (Lipinski definition) is 0. The number of aryl methyl sites for hydroxylation is 2. The van der Waals surface area contributed by atoms with Gasteiger partial charge in [0.25, 0.3) is 0 Å². The standard InChI is InChI=1S/C16H26N4O2/c1-4-5-9-18(3)15(21)7-8-16(22)19-10-6-11-20-14(19)12-13(2)17-20/h12H,4-11H2,1-3H3. The van der Waals surface area contributed by atoms with Crippen molar-refractivity contribution < 1.29 is 9.59 Å². The van der Waals surface area contributed by atoms with Gasteiger partial charge in [0, 0.05) is 45.6 Å². The minimum absolute atomic E-state index is 0.0121. The summed E-state index contributed by atoms with van der Waals surface area (Å²) in [4.78, 5) is 27.9. The van der Waals surface area contributed by atoms with Gasteiger partial charge >= 0.3 is 0 Å². The number of aromatic nitrogens is 2. The molecule has 0 aromatic carbocycles. The molecule has 0 bridgehead atoms. The molecule has 0 spiro atoms. The van der Waals surface area contributed by atoms with Crippen LogP contribution in [0.5, 0.6) is 0 Å². The quantitative estimate of drug-likeness (QED) is 0.807. The third-order valence-electron chi connectivity index (χ3n) is 4.04. The highest BCUT2D eigenvalue weighted by atomic mass is 16.2. The minimum Gasteiger partial charge on any atom is -0.346 e. The van der Waals surface area contributed by atoms with Crippen molar-refractivity contribution in [3.63, 3.8) is 0 Å². The Kier molecular flexibility index (Phi) is 5.57. The van der Waals surface area contributed by atoms with E-state index in [-0.39, 0.29) is 24.7 Å². The molecule has 0 saturated carbocycles. The smallest absolute Gasteiger partial charge is 0.228 e. The predicted molar refractivity (Wildman–Crippen MR) is 85.7 cm³/mol. The van der Waals surface area contributed by atoms with Crippen LogP contribution in [0.15, 0.2) is 6.07 Å². The summed E-state index contributed by atoms with van der Waals surface area (Å²) in [7, 11) is 1.81. The molecule has 1 aliphatic rings. The molecular weight excluding hydrogens is 280 g/mol. The van der Waals surface area contributed by atoms with Crippen molar-refractivity contribution in [1.82, 2.24) is 14.7 Å². The van der Waals surface area contributed by atoms with Crippen LogP contribution in [0.2, 0.25) is 0 Å². The molecule has 0 saturated heterocycles. The Hall–Kier alpha value is -1.85. The van der Waals surface area contributed by atoms with Crippen molar-refractivity contribution in [3.05, 3.63) is 11.8 Å². The van der Waals surface area contributed by atoms with Gasteiger partial charge < -0.3 is 4.90 Å². The molecule has 0 unspecified atom stereocenters. The summed E-state index contributed by atoms with van der Waals surface area (Å²) in [6.45, 7) is 6.36. The van der Waals surface area contributed by atoms with Crippen LogP contribution in [-0.2, 0) is 16.1 Å². The Morgan fingerprint density at radius 3 is 2.82 bits per heavy atom. The summed E-state index contributed by atoms with van der Waals surface area (Å²) in [5.41, 5.74) is 0.921. The van der Waals surface area contributed by atoms with E-state index in [2.05, 4.69) is 12.0 Å². The second kappa shape index (κ2) is 7.42. The number of carbonyl (C=O) groups excluding carboxylic acids is 2. The highest BCUT2D eigenvalue weighted by Gasteiger charge is 2.24. The van der Waals surface area contributed by atoms with E-state index in [1.165, 1.54) is 0 Å². The molecule has 2 rings (SSSR count). The summed E-state index contributed by atoms with van der Waals surface area (Å²) in [6.07, 6.45) is 3.51. The summed E-state index contributed by atoms with van der Waals surface area (Å²) in [5.74, 6) is 0.919. The fraction of sp³-hybridized carbons (Fsp3) is 0.688. The van der Waals surface area contributed by atoms with Crippen molar-refractivity contribution in [3.8, 4) is 0 Å². The van der Waals surface area contributed by atoms with Crippen LogP contribution in [0.25, 0.3) is 0 Å². The predicted octanol–water partition coefficient (Wildman–Crippen LogP) is 1.97. The van der Waals surface area contributed by atoms with Gasteiger partial charge in [-0.25, -0.2) is 4.68 Å². The van der Waals surface area contributed by atoms with Gasteiger partial charge in [0.15, 0.2) is 0 Å². The minimum atomic E-state index is 0.0121. The number of unbranched alkanes of at least 4 members (excludes halogenated alkanes) is 1. The fourth-order valence-corrected chi connectivity index (χ4v) is 2.72. The van der Waals surface area contributed by atoms with Crippen molar-refractivity contribution >= 4 is 17.6 Å². The van der Waals surface area contributed by atoms with E-state index in [4.69, 9.17) is 0 Å². The van der Waals surface area contributed by atoms with Crippen LogP contribution >= 0.6 is 0 Å². The molecule has 0 aliphatic carbocycles. The summed E-state index contributed by atoms with van der Waals surface area (Å²) in [6, 6.07) is 1.94. The fourth-order valence-electron chi connectivity index (χ4n) is 2.72. The third-order valence-corrected chi connectivity index (χ3v) is 4.04. The van der Waals surface area contributed by atoms with E-state index >= 15 is 0 Å². The lowest BCUT2D eigenvalue weighted by atomic mass is 10.2. The number of carbonyl (C=O) groups is 2. The van der Waals surface area contributed by atoms with E-state index in [1.807, 2.05) is 24.7 Å². The molecule has 0 fully saturated rings. The molecule has 122 valence electrons. The topological polar surface area (TPSA) is 58.4 Å². The number of hydrogen-bond acceptors (Lipinski definition) is 3. The van der Waals surface area contributed by atoms with Crippen molar-refractivity contribution in [2.75, 3.05) is 25.0 Å². The van der Waals surface area contributed by atoms with Crippen molar-refractivity contribution in [1.29, 1.82) is 0 Å². The van der Waals surface area contributed by atoms with Gasteiger partial charge in [-0.1, -0.05) is 13.3 Å². The zero-order valence-electron chi connectivity index (χ0n) is 13.8. The molecule has 0 radical (unpaired) electrons. The normalized spacial score (nSPS) is 13.9. The molecule has 6 heteroatoms. The van der Waals surface area contributed by atoms with Crippen LogP contribution in [-0.4, -0.2) is 46.6 Å². The highest BCUT2D eigenvalue weighted by molar-refractivity contribution is 5.95. The summed E-state index contributed by atoms with van der Waals surface area (Å²) < 4.78 is 1.88. The van der Waals surface area contributed by atoms with E-state index in [0.717, 1.165) is 43.9 Å². The van der Waals surface area contributed by atoms with Gasteiger partial charge in [-0.05, 0) is 19.8 Å². The molecule has 0 atom stereocenters. The van der Waals surface area contributed by atoms with Crippen LogP contribution in [0, 0.1) is 6.92 Å². The summed E-state index contributed by atoms with van der Waals surface area (Å²) >= 11 is 0. The van der Waals surface area contributed by atoms with E-state index in [1.54, 1.807) is 9.80 Å². The Labute approximate surface area is 132 Å². The largest absolute Gasteiger partial charge is 0.346 e. The third kappa shape index (κ3) is 3.87. The monoisotopic (exact) mass is 306 g/mol. The maximum Gasteiger partial charge on any atom is 0.228 e. The molecule has 1 aromatic heterocycles. The van der Waals surface area contributed by atoms with Crippen LogP contribution in [0.3, 0.4) is 0 Å². The zero-order chi connectivity index (χ0) is 16.1. The SMILES string of the molecule is CCCCN(C)C(=O)CCC(=O)N1CCCn2nc(C)cc21. The molecule has 22 heavy (non-hydrogen) atoms. The molecule has 6 nitrogen and oxygen atoms in total. The number of nitrogens with zero attached hydrogens (tertiary/aromatic N) is 4. The Bertz CT molecular complexity index is 538. The maximum atomic E-state index is 12.4. The summed E-state index contributed by atoms with van der Waals surface area (Å²) in [5, 5.41) is 4.39. The Morgan fingerprint density at radius 1 is 1.32 bits per heavy atom. The van der Waals surface area contributed by atoms with Gasteiger partial charge in [0.05, 0.1) is 5.69 Å². The number of rotatable bonds is 6. The lowest BCUT2D eigenvalue weighted by Gasteiger charge is -2.27. The second-order valence-electron chi connectivity index (χ2n) is 5.93. The number of amides is 2. The first kappa shape index (κ1) is 16.5. The Balaban J connectivity index is 1.89. The zero-order valence-corrected chi connectivity index (χ0v) is 13.8. The first-order chi connectivity index (χ1) is 10.5. The molecule has 1 aromatic rings. The molecule has 1 aliphatic heterocycles. The first-order valence-corrected chi connectivity index (χ1v) is 8.11. The van der Waals surface area contributed by atoms with Crippen LogP contribution in [0.1, 0.15) is 44.7 Å². The van der Waals surface area contributed by atoms with Crippen molar-refractivity contribution in [2.24, 2.45) is 0 Å². The van der Waals surface area contributed by atoms with Gasteiger partial charge in [-0.2, -0.15) is 5.10 Å². The van der Waals surface area contributed by atoms with Gasteiger partial charge in [-0.15, -0.1) is 0 Å². The van der Waals surface area contributed by atoms with E-state index in [9.17, 15) is 9.59 Å². The van der Waals surface area contributed by atoms with Crippen LogP contribution in [0.4, 0.5) is 5.82 Å². The van der Waals surface area contributed by atoms with E-state index < -0.39 is 0 Å². The number of anilines is 1. The Morgan fingerprint density at radius 2 is 2.09 bits per heavy atom. The van der Waals surface area contributed by atoms with Gasteiger partial charge in [0.2, 0.25) is 11.8 Å².